The van der Waals surface area contributed by atoms with Crippen LogP contribution < -0.4 is 9.26 Å². The Bertz CT molecular complexity index is 710. The average Bonchev–Trinajstić information content (AvgIpc) is 2.56. The van der Waals surface area contributed by atoms with Crippen LogP contribution in [0, 0.1) is 5.92 Å². The summed E-state index contributed by atoms with van der Waals surface area (Å²) in [5, 5.41) is 0. The molecule has 2 bridgehead atoms. The first-order valence-electron chi connectivity index (χ1n) is 8.54. The largest absolute Gasteiger partial charge is 0.524 e. The minimum absolute atomic E-state index is 0.0864. The normalized spacial score (nSPS) is 28.0. The summed E-state index contributed by atoms with van der Waals surface area (Å²) in [7, 11) is -1.33. The number of phosphoric acid groups is 1. The lowest BCUT2D eigenvalue weighted by atomic mass is 9.66. The van der Waals surface area contributed by atoms with Gasteiger partial charge in [-0.15, -0.1) is 0 Å². The van der Waals surface area contributed by atoms with Crippen LogP contribution in [0.4, 0.5) is 0 Å². The zero-order valence-corrected chi connectivity index (χ0v) is 15.5. The van der Waals surface area contributed by atoms with Crippen molar-refractivity contribution in [2.75, 3.05) is 14.2 Å². The predicted octanol–water partition coefficient (Wildman–Crippen LogP) is 3.92. The highest BCUT2D eigenvalue weighted by Crippen LogP contribution is 2.48. The Morgan fingerprint density at radius 3 is 2.64 bits per heavy atom. The molecule has 2 unspecified atom stereocenters. The lowest BCUT2D eigenvalue weighted by Crippen LogP contribution is -2.42. The van der Waals surface area contributed by atoms with Crippen LogP contribution >= 0.6 is 7.82 Å². The molecule has 3 rings (SSSR count). The highest BCUT2D eigenvalue weighted by molar-refractivity contribution is 7.46. The van der Waals surface area contributed by atoms with Crippen LogP contribution in [0.25, 0.3) is 6.08 Å². The van der Waals surface area contributed by atoms with Crippen molar-refractivity contribution < 1.29 is 28.3 Å². The summed E-state index contributed by atoms with van der Waals surface area (Å²) >= 11 is 0. The van der Waals surface area contributed by atoms with Crippen molar-refractivity contribution in [2.24, 2.45) is 5.92 Å². The van der Waals surface area contributed by atoms with Crippen molar-refractivity contribution in [3.63, 3.8) is 0 Å². The van der Waals surface area contributed by atoms with Gasteiger partial charge in [-0.25, -0.2) is 4.57 Å². The number of hydrogen-bond acceptors (Lipinski definition) is 4. The van der Waals surface area contributed by atoms with Crippen LogP contribution in [-0.2, 0) is 9.30 Å². The number of phosphoric ester groups is 1. The second-order valence-corrected chi connectivity index (χ2v) is 8.06. The Balaban J connectivity index is 1.96. The molecule has 2 atom stereocenters. The third-order valence-electron chi connectivity index (χ3n) is 5.31. The Morgan fingerprint density at radius 1 is 1.20 bits per heavy atom. The van der Waals surface area contributed by atoms with E-state index in [4.69, 9.17) is 23.8 Å². The molecule has 7 heteroatoms. The molecular formula is C18H25O6P. The summed E-state index contributed by atoms with van der Waals surface area (Å²) in [6.07, 6.45) is 8.70. The molecule has 2 saturated carbocycles. The van der Waals surface area contributed by atoms with Crippen molar-refractivity contribution in [1.82, 2.24) is 0 Å². The molecule has 0 amide bonds. The SMILES string of the molecule is COc1cc(C=C2CCC3CCCC2(OC)C3)cc(OP(=O)(O)O)c1. The molecule has 25 heavy (non-hydrogen) atoms. The van der Waals surface area contributed by atoms with Gasteiger partial charge in [-0.3, -0.25) is 9.79 Å². The Hall–Kier alpha value is -1.33. The maximum Gasteiger partial charge on any atom is 0.524 e. The molecular weight excluding hydrogens is 343 g/mol. The van der Waals surface area contributed by atoms with Crippen LogP contribution in [-0.4, -0.2) is 29.6 Å². The zero-order chi connectivity index (χ0) is 18.1. The number of hydrogen-bond donors (Lipinski definition) is 2. The van der Waals surface area contributed by atoms with Crippen LogP contribution in [0.1, 0.15) is 44.1 Å². The van der Waals surface area contributed by atoms with Crippen LogP contribution in [0.2, 0.25) is 0 Å². The van der Waals surface area contributed by atoms with E-state index in [0.29, 0.717) is 5.75 Å². The highest BCUT2D eigenvalue weighted by atomic mass is 31.2. The molecule has 0 radical (unpaired) electrons. The Labute approximate surface area is 148 Å². The summed E-state index contributed by atoms with van der Waals surface area (Å²) in [5.74, 6) is 1.30. The topological polar surface area (TPSA) is 85.2 Å². The van der Waals surface area contributed by atoms with Crippen molar-refractivity contribution in [3.8, 4) is 11.5 Å². The van der Waals surface area contributed by atoms with Gasteiger partial charge in [0.1, 0.15) is 11.5 Å². The maximum absolute atomic E-state index is 11.1. The first-order valence-corrected chi connectivity index (χ1v) is 10.1. The number of ether oxygens (including phenoxy) is 2. The standard InChI is InChI=1S/C18H25O6P/c1-22-16-9-14(10-17(11-16)24-25(19,20)21)8-15-6-5-13-4-3-7-18(15,12-13)23-2/h8-11,13H,3-7,12H2,1-2H3,(H2,19,20,21). The van der Waals surface area contributed by atoms with Gasteiger partial charge in [0.25, 0.3) is 0 Å². The van der Waals surface area contributed by atoms with Crippen molar-refractivity contribution in [1.29, 1.82) is 0 Å². The third kappa shape index (κ3) is 4.26. The smallest absolute Gasteiger partial charge is 0.497 e. The maximum atomic E-state index is 11.1. The Kier molecular flexibility index (Phi) is 5.26. The molecule has 2 fully saturated rings. The molecule has 2 N–H and O–H groups in total. The fraction of sp³-hybridized carbons (Fsp3) is 0.556. The first kappa shape index (κ1) is 18.5. The van der Waals surface area contributed by atoms with Crippen LogP contribution in [0.3, 0.4) is 0 Å². The van der Waals surface area contributed by atoms with E-state index in [2.05, 4.69) is 6.08 Å². The van der Waals surface area contributed by atoms with E-state index in [0.717, 1.165) is 37.2 Å². The summed E-state index contributed by atoms with van der Waals surface area (Å²) in [5.41, 5.74) is 1.81. The van der Waals surface area contributed by atoms with Gasteiger partial charge in [0, 0.05) is 13.2 Å². The fourth-order valence-electron chi connectivity index (χ4n) is 4.18. The predicted molar refractivity (Wildman–Crippen MR) is 94.6 cm³/mol. The second kappa shape index (κ2) is 7.12. The van der Waals surface area contributed by atoms with E-state index in [1.807, 2.05) is 6.07 Å². The number of methoxy groups -OCH3 is 2. The van der Waals surface area contributed by atoms with Crippen LogP contribution in [0.15, 0.2) is 23.8 Å². The average molecular weight is 368 g/mol. The lowest BCUT2D eigenvalue weighted by molar-refractivity contribution is -0.0405. The molecule has 1 aromatic rings. The number of fused-ring (bicyclic) bond motifs is 2. The molecule has 2 aliphatic rings. The lowest BCUT2D eigenvalue weighted by Gasteiger charge is -2.46. The number of benzene rings is 1. The summed E-state index contributed by atoms with van der Waals surface area (Å²) in [6.45, 7) is 0. The zero-order valence-electron chi connectivity index (χ0n) is 14.6. The third-order valence-corrected chi connectivity index (χ3v) is 5.76. The fourth-order valence-corrected chi connectivity index (χ4v) is 4.56. The summed E-state index contributed by atoms with van der Waals surface area (Å²) in [6, 6.07) is 4.91. The van der Waals surface area contributed by atoms with E-state index in [9.17, 15) is 4.57 Å². The van der Waals surface area contributed by atoms with Gasteiger partial charge in [0.15, 0.2) is 0 Å². The molecule has 0 heterocycles. The summed E-state index contributed by atoms with van der Waals surface area (Å²) in [4.78, 5) is 18.1. The minimum atomic E-state index is -4.62. The van der Waals surface area contributed by atoms with Gasteiger partial charge >= 0.3 is 7.82 Å². The van der Waals surface area contributed by atoms with E-state index in [1.54, 1.807) is 13.2 Å². The number of rotatable bonds is 5. The van der Waals surface area contributed by atoms with Gasteiger partial charge in [-0.05, 0) is 61.3 Å². The molecule has 6 nitrogen and oxygen atoms in total. The van der Waals surface area contributed by atoms with Gasteiger partial charge in [0.05, 0.1) is 12.7 Å². The van der Waals surface area contributed by atoms with E-state index in [1.165, 1.54) is 31.6 Å². The van der Waals surface area contributed by atoms with Gasteiger partial charge in [-0.2, -0.15) is 0 Å². The van der Waals surface area contributed by atoms with Gasteiger partial charge in [0.2, 0.25) is 0 Å². The molecule has 0 aliphatic heterocycles. The summed E-state index contributed by atoms with van der Waals surface area (Å²) < 4.78 is 27.1. The van der Waals surface area contributed by atoms with E-state index in [-0.39, 0.29) is 11.4 Å². The molecule has 1 aromatic carbocycles. The molecule has 0 spiro atoms. The van der Waals surface area contributed by atoms with Gasteiger partial charge < -0.3 is 14.0 Å². The van der Waals surface area contributed by atoms with Crippen molar-refractivity contribution in [3.05, 3.63) is 29.3 Å². The van der Waals surface area contributed by atoms with E-state index >= 15 is 0 Å². The minimum Gasteiger partial charge on any atom is -0.497 e. The molecule has 0 aromatic heterocycles. The van der Waals surface area contributed by atoms with Crippen molar-refractivity contribution >= 4 is 13.9 Å². The van der Waals surface area contributed by atoms with Crippen LogP contribution in [0.5, 0.6) is 11.5 Å². The first-order chi connectivity index (χ1) is 11.8. The van der Waals surface area contributed by atoms with Crippen molar-refractivity contribution in [2.45, 2.75) is 44.1 Å². The Morgan fingerprint density at radius 2 is 1.96 bits per heavy atom. The molecule has 0 saturated heterocycles. The monoisotopic (exact) mass is 368 g/mol. The molecule has 2 aliphatic carbocycles. The molecule has 138 valence electrons. The van der Waals surface area contributed by atoms with E-state index < -0.39 is 7.82 Å². The quantitative estimate of drug-likeness (QED) is 0.767. The highest BCUT2D eigenvalue weighted by Gasteiger charge is 2.42. The van der Waals surface area contributed by atoms with Gasteiger partial charge in [-0.1, -0.05) is 12.5 Å². The second-order valence-electron chi connectivity index (χ2n) is 6.89.